The van der Waals surface area contributed by atoms with Gasteiger partial charge in [-0.05, 0) is 72.1 Å². The molecule has 37 heavy (non-hydrogen) atoms. The van der Waals surface area contributed by atoms with Crippen LogP contribution in [0.25, 0.3) is 16.9 Å². The molecule has 0 fully saturated rings. The molecule has 0 spiro atoms. The van der Waals surface area contributed by atoms with Crippen LogP contribution in [0.5, 0.6) is 0 Å². The summed E-state index contributed by atoms with van der Waals surface area (Å²) in [4.78, 5) is 13.4. The van der Waals surface area contributed by atoms with Crippen LogP contribution in [0.1, 0.15) is 34.0 Å². The van der Waals surface area contributed by atoms with Gasteiger partial charge in [0.05, 0.1) is 11.4 Å². The molecule has 184 valence electrons. The Balaban J connectivity index is 1.39. The molecule has 0 aliphatic carbocycles. The number of amides is 1. The molecule has 4 aromatic carbocycles. The quantitative estimate of drug-likeness (QED) is 0.259. The van der Waals surface area contributed by atoms with Crippen molar-refractivity contribution >= 4 is 5.91 Å². The second kappa shape index (κ2) is 11.0. The number of nitrogens with one attached hydrogen (secondary N) is 1. The summed E-state index contributed by atoms with van der Waals surface area (Å²) in [6.45, 7) is 0.438. The van der Waals surface area contributed by atoms with Crippen LogP contribution in [0.15, 0.2) is 115 Å². The average Bonchev–Trinajstić information content (AvgIpc) is 3.38. The lowest BCUT2D eigenvalue weighted by molar-refractivity contribution is 0.0945. The fraction of sp³-hybridized carbons (Fsp3) is 0.0968. The summed E-state index contributed by atoms with van der Waals surface area (Å²) < 4.78 is 28.5. The minimum absolute atomic E-state index is 0.125. The first-order valence-corrected chi connectivity index (χ1v) is 12.1. The van der Waals surface area contributed by atoms with Gasteiger partial charge in [0.2, 0.25) is 0 Å². The van der Waals surface area contributed by atoms with Crippen LogP contribution in [-0.2, 0) is 0 Å². The number of benzene rings is 4. The molecule has 5 rings (SSSR count). The van der Waals surface area contributed by atoms with Gasteiger partial charge in [-0.2, -0.15) is 5.10 Å². The van der Waals surface area contributed by atoms with Gasteiger partial charge in [-0.3, -0.25) is 4.79 Å². The van der Waals surface area contributed by atoms with Gasteiger partial charge in [0.25, 0.3) is 5.91 Å². The van der Waals surface area contributed by atoms with E-state index >= 15 is 0 Å². The van der Waals surface area contributed by atoms with Gasteiger partial charge in [-0.1, -0.05) is 60.7 Å². The van der Waals surface area contributed by atoms with Crippen molar-refractivity contribution in [3.8, 4) is 16.9 Å². The topological polar surface area (TPSA) is 46.9 Å². The van der Waals surface area contributed by atoms with Crippen LogP contribution in [0.4, 0.5) is 8.78 Å². The van der Waals surface area contributed by atoms with Gasteiger partial charge in [0, 0.05) is 18.0 Å². The Morgan fingerprint density at radius 1 is 0.757 bits per heavy atom. The Hall–Kier alpha value is -4.58. The minimum atomic E-state index is -0.381. The maximum atomic E-state index is 13.5. The summed E-state index contributed by atoms with van der Waals surface area (Å²) >= 11 is 0. The van der Waals surface area contributed by atoms with E-state index in [1.54, 1.807) is 30.3 Å². The van der Waals surface area contributed by atoms with E-state index in [2.05, 4.69) is 34.7 Å². The molecule has 4 nitrogen and oxygen atoms in total. The van der Waals surface area contributed by atoms with Gasteiger partial charge in [-0.25, -0.2) is 13.5 Å². The normalized spacial score (nSPS) is 11.0. The molecular formula is C31H25F2N3O. The summed E-state index contributed by atoms with van der Waals surface area (Å²) in [5, 5.41) is 7.61. The van der Waals surface area contributed by atoms with Crippen molar-refractivity contribution in [3.63, 3.8) is 0 Å². The van der Waals surface area contributed by atoms with Crippen LogP contribution >= 0.6 is 0 Å². The molecule has 0 aliphatic rings. The van der Waals surface area contributed by atoms with Crippen LogP contribution in [0.3, 0.4) is 0 Å². The highest BCUT2D eigenvalue weighted by molar-refractivity contribution is 5.94. The highest BCUT2D eigenvalue weighted by Gasteiger charge is 2.19. The summed E-state index contributed by atoms with van der Waals surface area (Å²) in [5.74, 6) is -0.913. The standard InChI is InChI=1S/C31H25F2N3O/c32-25-13-11-24(12-14-25)29-21-30(36(35-29)27-17-15-26(33)16-18-27)31(37)34-20-19-28(22-7-3-1-4-8-22)23-9-5-2-6-10-23/h1-18,21,28H,19-20H2,(H,34,37). The van der Waals surface area contributed by atoms with Crippen molar-refractivity contribution in [1.29, 1.82) is 0 Å². The SMILES string of the molecule is O=C(NCCC(c1ccccc1)c1ccccc1)c1cc(-c2ccc(F)cc2)nn1-c1ccc(F)cc1. The maximum Gasteiger partial charge on any atom is 0.270 e. The van der Waals surface area contributed by atoms with E-state index in [-0.39, 0.29) is 23.5 Å². The Labute approximate surface area is 214 Å². The van der Waals surface area contributed by atoms with E-state index in [4.69, 9.17) is 0 Å². The van der Waals surface area contributed by atoms with Crippen molar-refractivity contribution in [2.24, 2.45) is 0 Å². The third-order valence-electron chi connectivity index (χ3n) is 6.28. The van der Waals surface area contributed by atoms with E-state index in [0.717, 1.165) is 0 Å². The highest BCUT2D eigenvalue weighted by atomic mass is 19.1. The lowest BCUT2D eigenvalue weighted by Crippen LogP contribution is -2.28. The van der Waals surface area contributed by atoms with Crippen LogP contribution in [0.2, 0.25) is 0 Å². The summed E-state index contributed by atoms with van der Waals surface area (Å²) in [6.07, 6.45) is 0.704. The van der Waals surface area contributed by atoms with Gasteiger partial charge >= 0.3 is 0 Å². The van der Waals surface area contributed by atoms with Gasteiger partial charge < -0.3 is 5.32 Å². The molecule has 5 aromatic rings. The van der Waals surface area contributed by atoms with Crippen molar-refractivity contribution in [2.45, 2.75) is 12.3 Å². The molecule has 1 aromatic heterocycles. The lowest BCUT2D eigenvalue weighted by atomic mass is 9.88. The number of halogens is 2. The number of carbonyl (C=O) groups excluding carboxylic acids is 1. The third kappa shape index (κ3) is 5.64. The van der Waals surface area contributed by atoms with Crippen LogP contribution < -0.4 is 5.32 Å². The molecule has 0 atom stereocenters. The highest BCUT2D eigenvalue weighted by Crippen LogP contribution is 2.28. The number of hydrogen-bond acceptors (Lipinski definition) is 2. The lowest BCUT2D eigenvalue weighted by Gasteiger charge is -2.18. The van der Waals surface area contributed by atoms with Crippen molar-refractivity contribution < 1.29 is 13.6 Å². The van der Waals surface area contributed by atoms with Crippen LogP contribution in [0, 0.1) is 11.6 Å². The second-order valence-electron chi connectivity index (χ2n) is 8.73. The molecule has 0 saturated heterocycles. The molecule has 0 saturated carbocycles. The van der Waals surface area contributed by atoms with E-state index in [1.165, 1.54) is 40.1 Å². The summed E-state index contributed by atoms with van der Waals surface area (Å²) in [6, 6.07) is 33.8. The van der Waals surface area contributed by atoms with Gasteiger partial charge in [0.15, 0.2) is 0 Å². The zero-order chi connectivity index (χ0) is 25.6. The van der Waals surface area contributed by atoms with Crippen molar-refractivity contribution in [3.05, 3.63) is 144 Å². The molecule has 6 heteroatoms. The first-order valence-electron chi connectivity index (χ1n) is 12.1. The Morgan fingerprint density at radius 3 is 1.86 bits per heavy atom. The Morgan fingerprint density at radius 2 is 1.30 bits per heavy atom. The monoisotopic (exact) mass is 493 g/mol. The summed E-state index contributed by atoms with van der Waals surface area (Å²) in [5.41, 5.74) is 4.40. The second-order valence-corrected chi connectivity index (χ2v) is 8.73. The van der Waals surface area contributed by atoms with E-state index in [1.807, 2.05) is 36.4 Å². The first-order chi connectivity index (χ1) is 18.1. The molecule has 1 amide bonds. The first kappa shape index (κ1) is 24.1. The van der Waals surface area contributed by atoms with Gasteiger partial charge in [0.1, 0.15) is 17.3 Å². The molecular weight excluding hydrogens is 468 g/mol. The third-order valence-corrected chi connectivity index (χ3v) is 6.28. The minimum Gasteiger partial charge on any atom is -0.351 e. The zero-order valence-corrected chi connectivity index (χ0v) is 20.0. The van der Waals surface area contributed by atoms with E-state index in [9.17, 15) is 13.6 Å². The number of nitrogens with zero attached hydrogens (tertiary/aromatic N) is 2. The molecule has 1 heterocycles. The molecule has 0 unspecified atom stereocenters. The Bertz CT molecular complexity index is 1430. The Kier molecular flexibility index (Phi) is 7.17. The number of rotatable bonds is 8. The van der Waals surface area contributed by atoms with Gasteiger partial charge in [-0.15, -0.1) is 0 Å². The maximum absolute atomic E-state index is 13.5. The summed E-state index contributed by atoms with van der Waals surface area (Å²) in [7, 11) is 0. The zero-order valence-electron chi connectivity index (χ0n) is 20.0. The largest absolute Gasteiger partial charge is 0.351 e. The number of hydrogen-bond donors (Lipinski definition) is 1. The van der Waals surface area contributed by atoms with Crippen LogP contribution in [-0.4, -0.2) is 22.2 Å². The number of aromatic nitrogens is 2. The average molecular weight is 494 g/mol. The molecule has 1 N–H and O–H groups in total. The smallest absolute Gasteiger partial charge is 0.270 e. The van der Waals surface area contributed by atoms with Crippen molar-refractivity contribution in [1.82, 2.24) is 15.1 Å². The fourth-order valence-corrected chi connectivity index (χ4v) is 4.40. The van der Waals surface area contributed by atoms with Crippen molar-refractivity contribution in [2.75, 3.05) is 6.54 Å². The predicted molar refractivity (Wildman–Crippen MR) is 141 cm³/mol. The van der Waals surface area contributed by atoms with E-state index in [0.29, 0.717) is 35.6 Å². The number of carbonyl (C=O) groups is 1. The van der Waals surface area contributed by atoms with E-state index < -0.39 is 0 Å². The molecule has 0 bridgehead atoms. The molecule has 0 aliphatic heterocycles. The molecule has 0 radical (unpaired) electrons. The predicted octanol–water partition coefficient (Wildman–Crippen LogP) is 6.77. The fourth-order valence-electron chi connectivity index (χ4n) is 4.40.